The highest BCUT2D eigenvalue weighted by Crippen LogP contribution is 2.33. The quantitative estimate of drug-likeness (QED) is 0.352. The molecular weight excluding hydrogens is 525 g/mol. The van der Waals surface area contributed by atoms with Crippen LogP contribution in [0, 0.1) is 13.8 Å². The summed E-state index contributed by atoms with van der Waals surface area (Å²) < 4.78 is 9.78. The third-order valence-electron chi connectivity index (χ3n) is 5.61. The molecule has 0 aromatic carbocycles. The number of morpholine rings is 1. The van der Waals surface area contributed by atoms with E-state index in [0.29, 0.717) is 13.2 Å². The van der Waals surface area contributed by atoms with Gasteiger partial charge in [0.1, 0.15) is 17.5 Å². The molecule has 0 N–H and O–H groups in total. The van der Waals surface area contributed by atoms with Crippen LogP contribution in [-0.4, -0.2) is 54.5 Å². The zero-order chi connectivity index (χ0) is 21.5. The Hall–Kier alpha value is -2.18. The molecule has 31 heavy (non-hydrogen) atoms. The van der Waals surface area contributed by atoms with Gasteiger partial charge in [-0.3, -0.25) is 8.54 Å². The molecule has 1 atom stereocenters. The van der Waals surface area contributed by atoms with E-state index in [9.17, 15) is 0 Å². The van der Waals surface area contributed by atoms with Gasteiger partial charge in [0.15, 0.2) is 5.65 Å². The average Bonchev–Trinajstić information content (AvgIpc) is 3.36. The van der Waals surface area contributed by atoms with Crippen LogP contribution in [0.5, 0.6) is 0 Å². The van der Waals surface area contributed by atoms with Crippen molar-refractivity contribution in [3.8, 4) is 16.9 Å². The molecule has 1 saturated heterocycles. The lowest BCUT2D eigenvalue weighted by Crippen LogP contribution is -2.44. The predicted molar refractivity (Wildman–Crippen MR) is 132 cm³/mol. The van der Waals surface area contributed by atoms with Gasteiger partial charge >= 0.3 is 0 Å². The van der Waals surface area contributed by atoms with Gasteiger partial charge in [-0.2, -0.15) is 0 Å². The second kappa shape index (κ2) is 8.40. The Morgan fingerprint density at radius 3 is 2.71 bits per heavy atom. The number of aryl methyl sites for hydroxylation is 2. The maximum atomic E-state index is 5.65. The molecular formula is C21H22IN7OS. The van der Waals surface area contributed by atoms with Gasteiger partial charge in [0.25, 0.3) is 0 Å². The van der Waals surface area contributed by atoms with Crippen molar-refractivity contribution in [1.29, 1.82) is 0 Å². The van der Waals surface area contributed by atoms with E-state index in [4.69, 9.17) is 9.72 Å². The number of anilines is 1. The van der Waals surface area contributed by atoms with E-state index >= 15 is 0 Å². The molecule has 5 heterocycles. The number of fused-ring (bicyclic) bond motifs is 1. The van der Waals surface area contributed by atoms with Gasteiger partial charge < -0.3 is 9.64 Å². The van der Waals surface area contributed by atoms with Gasteiger partial charge in [-0.05, 0) is 39.0 Å². The molecule has 0 amide bonds. The van der Waals surface area contributed by atoms with Crippen LogP contribution in [0.2, 0.25) is 0 Å². The zero-order valence-electron chi connectivity index (χ0n) is 17.5. The molecule has 10 heteroatoms. The number of hydrogen-bond acceptors (Lipinski definition) is 7. The molecule has 160 valence electrons. The summed E-state index contributed by atoms with van der Waals surface area (Å²) in [5.41, 5.74) is 3.90. The van der Waals surface area contributed by atoms with Gasteiger partial charge in [-0.25, -0.2) is 9.97 Å². The maximum Gasteiger partial charge on any atom is 0.151 e. The van der Waals surface area contributed by atoms with Crippen LogP contribution in [0.25, 0.3) is 28.0 Å². The Morgan fingerprint density at radius 1 is 1.16 bits per heavy atom. The Balaban J connectivity index is 1.73. The summed E-state index contributed by atoms with van der Waals surface area (Å²) in [6, 6.07) is 8.63. The molecule has 4 aromatic heterocycles. The monoisotopic (exact) mass is 547 g/mol. The molecule has 1 aliphatic rings. The summed E-state index contributed by atoms with van der Waals surface area (Å²) >= 11 is 2.27. The van der Waals surface area contributed by atoms with Crippen LogP contribution in [0.15, 0.2) is 36.7 Å². The molecule has 0 spiro atoms. The molecule has 8 nitrogen and oxygen atoms in total. The van der Waals surface area contributed by atoms with Crippen LogP contribution < -0.4 is 4.90 Å². The standard InChI is InChI=1S/C21H22IN7OS/c1-13-12-30-9-8-27(13)20-11-16(29-14(2)25-26-15(29)3)10-19(24-20)17-4-6-23-21-18(17)5-7-28(21)31-22/h4-7,10-11,13H,8-9,12H2,1-3H3/t13-/m1/s1. The highest BCUT2D eigenvalue weighted by molar-refractivity contribution is 14.2. The third kappa shape index (κ3) is 3.70. The summed E-state index contributed by atoms with van der Waals surface area (Å²) in [7, 11) is 1.60. The summed E-state index contributed by atoms with van der Waals surface area (Å²) in [4.78, 5) is 12.0. The Kier molecular flexibility index (Phi) is 5.61. The van der Waals surface area contributed by atoms with Crippen LogP contribution in [-0.2, 0) is 4.74 Å². The topological polar surface area (TPSA) is 73.9 Å². The maximum absolute atomic E-state index is 5.65. The van der Waals surface area contributed by atoms with Gasteiger partial charge in [0, 0.05) is 66.3 Å². The van der Waals surface area contributed by atoms with E-state index in [1.165, 1.54) is 0 Å². The molecule has 1 aliphatic heterocycles. The molecule has 4 aromatic rings. The fourth-order valence-corrected chi connectivity index (χ4v) is 5.39. The van der Waals surface area contributed by atoms with E-state index in [2.05, 4.69) is 74.9 Å². The molecule has 0 unspecified atom stereocenters. The summed E-state index contributed by atoms with van der Waals surface area (Å²) in [5, 5.41) is 9.60. The van der Waals surface area contributed by atoms with E-state index in [1.54, 1.807) is 9.12 Å². The lowest BCUT2D eigenvalue weighted by atomic mass is 10.1. The smallest absolute Gasteiger partial charge is 0.151 e. The Bertz CT molecular complexity index is 1230. The van der Waals surface area contributed by atoms with Crippen LogP contribution in [0.4, 0.5) is 5.82 Å². The van der Waals surface area contributed by atoms with Crippen molar-refractivity contribution in [3.05, 3.63) is 48.3 Å². The van der Waals surface area contributed by atoms with Gasteiger partial charge in [0.2, 0.25) is 0 Å². The van der Waals surface area contributed by atoms with Crippen molar-refractivity contribution in [2.45, 2.75) is 26.8 Å². The van der Waals surface area contributed by atoms with E-state index in [0.717, 1.165) is 52.0 Å². The van der Waals surface area contributed by atoms with Gasteiger partial charge in [-0.1, -0.05) is 0 Å². The molecule has 0 aliphatic carbocycles. The number of aromatic nitrogens is 6. The first-order valence-electron chi connectivity index (χ1n) is 10.1. The lowest BCUT2D eigenvalue weighted by molar-refractivity contribution is 0.0985. The molecule has 5 rings (SSSR count). The Morgan fingerprint density at radius 2 is 1.97 bits per heavy atom. The van der Waals surface area contributed by atoms with Crippen LogP contribution >= 0.6 is 30.3 Å². The van der Waals surface area contributed by atoms with Crippen LogP contribution in [0.3, 0.4) is 0 Å². The normalized spacial score (nSPS) is 16.9. The fourth-order valence-electron chi connectivity index (χ4n) is 4.12. The minimum absolute atomic E-state index is 0.251. The second-order valence-corrected chi connectivity index (χ2v) is 9.34. The number of rotatable bonds is 4. The number of halogens is 1. The van der Waals surface area contributed by atoms with Crippen molar-refractivity contribution in [3.63, 3.8) is 0 Å². The average molecular weight is 547 g/mol. The molecule has 0 saturated carbocycles. The van der Waals surface area contributed by atoms with Crippen molar-refractivity contribution in [1.82, 2.24) is 28.7 Å². The summed E-state index contributed by atoms with van der Waals surface area (Å²) in [6.45, 7) is 8.32. The zero-order valence-corrected chi connectivity index (χ0v) is 20.5. The van der Waals surface area contributed by atoms with Crippen LogP contribution in [0.1, 0.15) is 18.6 Å². The van der Waals surface area contributed by atoms with Crippen molar-refractivity contribution >= 4 is 47.2 Å². The molecule has 0 bridgehead atoms. The highest BCUT2D eigenvalue weighted by Gasteiger charge is 2.23. The molecule has 1 fully saturated rings. The van der Waals surface area contributed by atoms with E-state index in [1.807, 2.05) is 32.3 Å². The van der Waals surface area contributed by atoms with E-state index in [-0.39, 0.29) is 6.04 Å². The number of hydrogen-bond donors (Lipinski definition) is 0. The second-order valence-electron chi connectivity index (χ2n) is 7.62. The Labute approximate surface area is 196 Å². The van der Waals surface area contributed by atoms with E-state index < -0.39 is 0 Å². The first-order valence-corrected chi connectivity index (χ1v) is 13.4. The third-order valence-corrected chi connectivity index (χ3v) is 7.32. The summed E-state index contributed by atoms with van der Waals surface area (Å²) in [5.74, 6) is 2.63. The predicted octanol–water partition coefficient (Wildman–Crippen LogP) is 4.37. The summed E-state index contributed by atoms with van der Waals surface area (Å²) in [6.07, 6.45) is 3.89. The fraction of sp³-hybridized carbons (Fsp3) is 0.333. The number of ether oxygens (including phenoxy) is 1. The van der Waals surface area contributed by atoms with Gasteiger partial charge in [0.05, 0.1) is 30.6 Å². The minimum Gasteiger partial charge on any atom is -0.377 e. The minimum atomic E-state index is 0.251. The number of pyridine rings is 2. The number of nitrogens with zero attached hydrogens (tertiary/aromatic N) is 7. The first kappa shape index (κ1) is 20.7. The SMILES string of the molecule is Cc1nnc(C)n1-c1cc(-c2ccnc3c2ccn3SI)nc(N2CCOC[C@H]2C)c1. The highest BCUT2D eigenvalue weighted by atomic mass is 127. The van der Waals surface area contributed by atoms with Gasteiger partial charge in [-0.15, -0.1) is 10.2 Å². The molecule has 0 radical (unpaired) electrons. The van der Waals surface area contributed by atoms with Crippen molar-refractivity contribution < 1.29 is 4.74 Å². The lowest BCUT2D eigenvalue weighted by Gasteiger charge is -2.34. The first-order chi connectivity index (χ1) is 15.1. The van der Waals surface area contributed by atoms with Crippen molar-refractivity contribution in [2.75, 3.05) is 24.7 Å². The largest absolute Gasteiger partial charge is 0.377 e. The van der Waals surface area contributed by atoms with Crippen molar-refractivity contribution in [2.24, 2.45) is 0 Å².